The minimum atomic E-state index is -0.334. The molecule has 0 spiro atoms. The molecular weight excluding hydrogens is 324 g/mol. The first-order valence-corrected chi connectivity index (χ1v) is 8.33. The van der Waals surface area contributed by atoms with Gasteiger partial charge < -0.3 is 10.2 Å². The third-order valence-corrected chi connectivity index (χ3v) is 4.54. The molecule has 1 fully saturated rings. The van der Waals surface area contributed by atoms with Gasteiger partial charge >= 0.3 is 0 Å². The zero-order valence-corrected chi connectivity index (χ0v) is 14.2. The first kappa shape index (κ1) is 16.5. The zero-order valence-electron chi connectivity index (χ0n) is 13.4. The fourth-order valence-corrected chi connectivity index (χ4v) is 3.04. The van der Waals surface area contributed by atoms with Crippen LogP contribution in [0.2, 0.25) is 5.02 Å². The number of halogens is 1. The van der Waals surface area contributed by atoms with Crippen LogP contribution in [0.25, 0.3) is 0 Å². The highest BCUT2D eigenvalue weighted by Gasteiger charge is 2.35. The van der Waals surface area contributed by atoms with Gasteiger partial charge in [0.1, 0.15) is 0 Å². The Morgan fingerprint density at radius 1 is 1.17 bits per heavy atom. The summed E-state index contributed by atoms with van der Waals surface area (Å²) in [6.45, 7) is 2.34. The summed E-state index contributed by atoms with van der Waals surface area (Å²) in [4.78, 5) is 26.4. The van der Waals surface area contributed by atoms with Crippen LogP contribution in [-0.2, 0) is 9.59 Å². The van der Waals surface area contributed by atoms with E-state index in [1.165, 1.54) is 0 Å². The molecule has 2 aromatic carbocycles. The zero-order chi connectivity index (χ0) is 17.1. The van der Waals surface area contributed by atoms with Gasteiger partial charge in [-0.3, -0.25) is 9.59 Å². The van der Waals surface area contributed by atoms with Crippen molar-refractivity contribution in [3.8, 4) is 0 Å². The van der Waals surface area contributed by atoms with Crippen LogP contribution in [0.4, 0.5) is 5.69 Å². The van der Waals surface area contributed by atoms with Crippen LogP contribution in [0.15, 0.2) is 54.6 Å². The third-order valence-electron chi connectivity index (χ3n) is 4.29. The molecule has 2 aromatic rings. The lowest BCUT2D eigenvalue weighted by Crippen LogP contribution is -2.34. The third kappa shape index (κ3) is 3.60. The van der Waals surface area contributed by atoms with Crippen molar-refractivity contribution in [1.29, 1.82) is 0 Å². The van der Waals surface area contributed by atoms with Gasteiger partial charge in [0, 0.05) is 23.7 Å². The van der Waals surface area contributed by atoms with E-state index in [9.17, 15) is 9.59 Å². The molecule has 2 atom stereocenters. The number of benzene rings is 2. The van der Waals surface area contributed by atoms with Gasteiger partial charge in [-0.1, -0.05) is 41.9 Å². The maximum absolute atomic E-state index is 12.5. The molecule has 0 saturated carbocycles. The summed E-state index contributed by atoms with van der Waals surface area (Å²) in [6.07, 6.45) is 0.232. The Labute approximate surface area is 146 Å². The van der Waals surface area contributed by atoms with Crippen molar-refractivity contribution in [3.05, 3.63) is 65.2 Å². The van der Waals surface area contributed by atoms with E-state index < -0.39 is 0 Å². The van der Waals surface area contributed by atoms with E-state index >= 15 is 0 Å². The SMILES string of the molecule is C[C@H](NC(=O)[C@H]1CC(=O)N(c2ccc(Cl)cc2)C1)c1ccccc1. The Morgan fingerprint density at radius 3 is 2.50 bits per heavy atom. The highest BCUT2D eigenvalue weighted by molar-refractivity contribution is 6.30. The second-order valence-electron chi connectivity index (χ2n) is 6.02. The fraction of sp³-hybridized carbons (Fsp3) is 0.263. The minimum absolute atomic E-state index is 0.0372. The van der Waals surface area contributed by atoms with E-state index in [-0.39, 0.29) is 30.2 Å². The van der Waals surface area contributed by atoms with Crippen LogP contribution < -0.4 is 10.2 Å². The van der Waals surface area contributed by atoms with Gasteiger partial charge in [-0.2, -0.15) is 0 Å². The van der Waals surface area contributed by atoms with Crippen LogP contribution in [0, 0.1) is 5.92 Å². The van der Waals surface area contributed by atoms with E-state index in [2.05, 4.69) is 5.32 Å². The molecule has 1 N–H and O–H groups in total. The van der Waals surface area contributed by atoms with Gasteiger partial charge in [-0.25, -0.2) is 0 Å². The molecule has 1 aliphatic rings. The first-order valence-electron chi connectivity index (χ1n) is 7.96. The molecule has 1 aliphatic heterocycles. The Kier molecular flexibility index (Phi) is 4.86. The highest BCUT2D eigenvalue weighted by Crippen LogP contribution is 2.27. The number of nitrogens with one attached hydrogen (secondary N) is 1. The fourth-order valence-electron chi connectivity index (χ4n) is 2.91. The molecule has 3 rings (SSSR count). The number of carbonyl (C=O) groups excluding carboxylic acids is 2. The predicted molar refractivity (Wildman–Crippen MR) is 94.9 cm³/mol. The van der Waals surface area contributed by atoms with E-state index in [0.29, 0.717) is 11.6 Å². The molecule has 24 heavy (non-hydrogen) atoms. The number of carbonyl (C=O) groups is 2. The Hall–Kier alpha value is -2.33. The van der Waals surface area contributed by atoms with Crippen molar-refractivity contribution < 1.29 is 9.59 Å². The van der Waals surface area contributed by atoms with Crippen LogP contribution in [0.5, 0.6) is 0 Å². The number of amides is 2. The summed E-state index contributed by atoms with van der Waals surface area (Å²) in [5, 5.41) is 3.62. The monoisotopic (exact) mass is 342 g/mol. The van der Waals surface area contributed by atoms with Crippen molar-refractivity contribution >= 4 is 29.1 Å². The second-order valence-corrected chi connectivity index (χ2v) is 6.46. The summed E-state index contributed by atoms with van der Waals surface area (Å²) in [5.74, 6) is -0.458. The number of hydrogen-bond acceptors (Lipinski definition) is 2. The molecule has 1 saturated heterocycles. The largest absolute Gasteiger partial charge is 0.349 e. The summed E-state index contributed by atoms with van der Waals surface area (Å²) >= 11 is 5.88. The molecular formula is C19H19ClN2O2. The van der Waals surface area contributed by atoms with Crippen molar-refractivity contribution in [3.63, 3.8) is 0 Å². The van der Waals surface area contributed by atoms with E-state index in [0.717, 1.165) is 11.3 Å². The Balaban J connectivity index is 1.64. The standard InChI is InChI=1S/C19H19ClN2O2/c1-13(14-5-3-2-4-6-14)21-19(24)15-11-18(23)22(12-15)17-9-7-16(20)8-10-17/h2-10,13,15H,11-12H2,1H3,(H,21,24)/t13-,15-/m0/s1. The van der Waals surface area contributed by atoms with Crippen molar-refractivity contribution in [2.45, 2.75) is 19.4 Å². The topological polar surface area (TPSA) is 49.4 Å². The normalized spacial score (nSPS) is 18.5. The van der Waals surface area contributed by atoms with Gasteiger partial charge in [0.05, 0.1) is 12.0 Å². The summed E-state index contributed by atoms with van der Waals surface area (Å²) in [7, 11) is 0. The Morgan fingerprint density at radius 2 is 1.83 bits per heavy atom. The molecule has 0 aliphatic carbocycles. The Bertz CT molecular complexity index is 731. The second kappa shape index (κ2) is 7.05. The summed E-state index contributed by atoms with van der Waals surface area (Å²) < 4.78 is 0. The molecule has 1 heterocycles. The number of anilines is 1. The molecule has 0 radical (unpaired) electrons. The maximum Gasteiger partial charge on any atom is 0.227 e. The number of hydrogen-bond donors (Lipinski definition) is 1. The summed E-state index contributed by atoms with van der Waals surface area (Å²) in [5.41, 5.74) is 1.82. The average molecular weight is 343 g/mol. The number of rotatable bonds is 4. The van der Waals surface area contributed by atoms with Gasteiger partial charge in [0.25, 0.3) is 0 Å². The van der Waals surface area contributed by atoms with Gasteiger partial charge in [0.2, 0.25) is 11.8 Å². The minimum Gasteiger partial charge on any atom is -0.349 e. The van der Waals surface area contributed by atoms with Crippen molar-refractivity contribution in [1.82, 2.24) is 5.32 Å². The van der Waals surface area contributed by atoms with Crippen LogP contribution in [0.1, 0.15) is 24.9 Å². The highest BCUT2D eigenvalue weighted by atomic mass is 35.5. The van der Waals surface area contributed by atoms with Crippen LogP contribution >= 0.6 is 11.6 Å². The van der Waals surface area contributed by atoms with E-state index in [1.54, 1.807) is 29.2 Å². The van der Waals surface area contributed by atoms with Crippen molar-refractivity contribution in [2.24, 2.45) is 5.92 Å². The molecule has 0 aromatic heterocycles. The van der Waals surface area contributed by atoms with E-state index in [4.69, 9.17) is 11.6 Å². The van der Waals surface area contributed by atoms with Gasteiger partial charge in [-0.15, -0.1) is 0 Å². The predicted octanol–water partition coefficient (Wildman–Crippen LogP) is 3.57. The van der Waals surface area contributed by atoms with Crippen LogP contribution in [-0.4, -0.2) is 18.4 Å². The maximum atomic E-state index is 12.5. The van der Waals surface area contributed by atoms with Crippen LogP contribution in [0.3, 0.4) is 0 Å². The molecule has 4 nitrogen and oxygen atoms in total. The summed E-state index contributed by atoms with van der Waals surface area (Å²) in [6, 6.07) is 16.8. The lowest BCUT2D eigenvalue weighted by atomic mass is 10.1. The first-order chi connectivity index (χ1) is 11.5. The lowest BCUT2D eigenvalue weighted by molar-refractivity contribution is -0.126. The van der Waals surface area contributed by atoms with Gasteiger partial charge in [-0.05, 0) is 36.8 Å². The molecule has 2 amide bonds. The lowest BCUT2D eigenvalue weighted by Gasteiger charge is -2.19. The molecule has 0 bridgehead atoms. The number of nitrogens with zero attached hydrogens (tertiary/aromatic N) is 1. The average Bonchev–Trinajstić information content (AvgIpc) is 2.98. The smallest absolute Gasteiger partial charge is 0.227 e. The molecule has 124 valence electrons. The quantitative estimate of drug-likeness (QED) is 0.923. The van der Waals surface area contributed by atoms with E-state index in [1.807, 2.05) is 37.3 Å². The van der Waals surface area contributed by atoms with Crippen molar-refractivity contribution in [2.75, 3.05) is 11.4 Å². The molecule has 0 unspecified atom stereocenters. The molecule has 5 heteroatoms. The van der Waals surface area contributed by atoms with Gasteiger partial charge in [0.15, 0.2) is 0 Å².